The summed E-state index contributed by atoms with van der Waals surface area (Å²) in [6.45, 7) is 0.979. The molecule has 5 heteroatoms. The molecule has 0 aromatic carbocycles. The zero-order valence-corrected chi connectivity index (χ0v) is 13.0. The van der Waals surface area contributed by atoms with E-state index >= 15 is 0 Å². The minimum Gasteiger partial charge on any atom is -0.467 e. The minimum absolute atomic E-state index is 0.0329. The molecule has 1 N–H and O–H groups in total. The maximum absolute atomic E-state index is 5.55. The molecule has 2 aromatic heterocycles. The fourth-order valence-corrected chi connectivity index (χ4v) is 2.72. The van der Waals surface area contributed by atoms with Crippen LogP contribution in [0.1, 0.15) is 36.9 Å². The number of unbranched alkanes of at least 4 members (excludes halogenated alkanes) is 2. The minimum atomic E-state index is 0.0329. The van der Waals surface area contributed by atoms with Crippen molar-refractivity contribution in [3.05, 3.63) is 42.4 Å². The second-order valence-electron chi connectivity index (χ2n) is 4.85. The topological polar surface area (TPSA) is 43.0 Å². The van der Waals surface area contributed by atoms with Crippen molar-refractivity contribution in [3.8, 4) is 0 Å². The van der Waals surface area contributed by atoms with Crippen molar-refractivity contribution in [1.29, 1.82) is 0 Å². The lowest BCUT2D eigenvalue weighted by atomic mass is 10.2. The Morgan fingerprint density at radius 1 is 1.40 bits per heavy atom. The first-order valence-corrected chi connectivity index (χ1v) is 8.45. The van der Waals surface area contributed by atoms with Crippen LogP contribution < -0.4 is 5.32 Å². The number of aromatic nitrogens is 2. The first-order valence-electron chi connectivity index (χ1n) is 7.06. The zero-order chi connectivity index (χ0) is 14.2. The van der Waals surface area contributed by atoms with Crippen molar-refractivity contribution in [1.82, 2.24) is 14.9 Å². The van der Waals surface area contributed by atoms with Gasteiger partial charge in [0.2, 0.25) is 0 Å². The molecule has 20 heavy (non-hydrogen) atoms. The maximum atomic E-state index is 5.55. The molecule has 0 spiro atoms. The van der Waals surface area contributed by atoms with Gasteiger partial charge in [0.1, 0.15) is 17.6 Å². The zero-order valence-electron chi connectivity index (χ0n) is 12.2. The largest absolute Gasteiger partial charge is 0.467 e. The summed E-state index contributed by atoms with van der Waals surface area (Å²) >= 11 is 1.92. The molecule has 2 rings (SSSR count). The summed E-state index contributed by atoms with van der Waals surface area (Å²) < 4.78 is 7.59. The third kappa shape index (κ3) is 4.15. The highest BCUT2D eigenvalue weighted by Gasteiger charge is 2.19. The van der Waals surface area contributed by atoms with Gasteiger partial charge in [0.05, 0.1) is 6.26 Å². The lowest BCUT2D eigenvalue weighted by Gasteiger charge is -2.16. The standard InChI is InChI=1S/C15H23N3OS/c1-18-10-9-17-15(18)14(13-7-6-11-19-13)16-8-4-3-5-12-20-2/h6-7,9-11,14,16H,3-5,8,12H2,1-2H3. The van der Waals surface area contributed by atoms with E-state index < -0.39 is 0 Å². The fourth-order valence-electron chi connectivity index (χ4n) is 2.22. The van der Waals surface area contributed by atoms with E-state index in [9.17, 15) is 0 Å². The molecule has 2 heterocycles. The van der Waals surface area contributed by atoms with Gasteiger partial charge < -0.3 is 14.3 Å². The second-order valence-corrected chi connectivity index (χ2v) is 5.84. The lowest BCUT2D eigenvalue weighted by Crippen LogP contribution is -2.25. The first kappa shape index (κ1) is 15.2. The highest BCUT2D eigenvalue weighted by atomic mass is 32.2. The average molecular weight is 293 g/mol. The van der Waals surface area contributed by atoms with Crippen molar-refractivity contribution in [2.24, 2.45) is 7.05 Å². The Morgan fingerprint density at radius 2 is 2.30 bits per heavy atom. The van der Waals surface area contributed by atoms with Crippen molar-refractivity contribution >= 4 is 11.8 Å². The van der Waals surface area contributed by atoms with Gasteiger partial charge in [-0.2, -0.15) is 11.8 Å². The van der Waals surface area contributed by atoms with Crippen LogP contribution in [-0.2, 0) is 7.05 Å². The molecule has 2 aromatic rings. The summed E-state index contributed by atoms with van der Waals surface area (Å²) in [5.41, 5.74) is 0. The molecule has 1 unspecified atom stereocenters. The van der Waals surface area contributed by atoms with Crippen LogP contribution >= 0.6 is 11.8 Å². The quantitative estimate of drug-likeness (QED) is 0.721. The summed E-state index contributed by atoms with van der Waals surface area (Å²) in [5, 5.41) is 3.56. The summed E-state index contributed by atoms with van der Waals surface area (Å²) in [7, 11) is 2.01. The van der Waals surface area contributed by atoms with Gasteiger partial charge in [0.25, 0.3) is 0 Å². The molecule has 0 aliphatic heterocycles. The van der Waals surface area contributed by atoms with Crippen LogP contribution in [0.4, 0.5) is 0 Å². The predicted molar refractivity (Wildman–Crippen MR) is 84.0 cm³/mol. The third-order valence-electron chi connectivity index (χ3n) is 3.32. The lowest BCUT2D eigenvalue weighted by molar-refractivity contribution is 0.426. The van der Waals surface area contributed by atoms with Crippen LogP contribution in [0.5, 0.6) is 0 Å². The van der Waals surface area contributed by atoms with E-state index in [4.69, 9.17) is 4.42 Å². The number of nitrogens with zero attached hydrogens (tertiary/aromatic N) is 2. The van der Waals surface area contributed by atoms with Crippen LogP contribution in [0, 0.1) is 0 Å². The molecule has 1 atom stereocenters. The highest BCUT2D eigenvalue weighted by Crippen LogP contribution is 2.20. The van der Waals surface area contributed by atoms with Gasteiger partial charge in [-0.1, -0.05) is 6.42 Å². The summed E-state index contributed by atoms with van der Waals surface area (Å²) in [6.07, 6.45) is 11.4. The Balaban J connectivity index is 1.90. The van der Waals surface area contributed by atoms with E-state index in [0.29, 0.717) is 0 Å². The number of furan rings is 1. The molecular weight excluding hydrogens is 270 g/mol. The van der Waals surface area contributed by atoms with Gasteiger partial charge in [-0.05, 0) is 43.5 Å². The van der Waals surface area contributed by atoms with Crippen molar-refractivity contribution in [2.45, 2.75) is 25.3 Å². The van der Waals surface area contributed by atoms with E-state index in [-0.39, 0.29) is 6.04 Å². The van der Waals surface area contributed by atoms with Crippen LogP contribution in [-0.4, -0.2) is 28.1 Å². The number of aryl methyl sites for hydroxylation is 1. The Hall–Kier alpha value is -1.20. The van der Waals surface area contributed by atoms with E-state index in [1.165, 1.54) is 25.0 Å². The van der Waals surface area contributed by atoms with Gasteiger partial charge in [-0.15, -0.1) is 0 Å². The van der Waals surface area contributed by atoms with E-state index in [2.05, 4.69) is 16.6 Å². The van der Waals surface area contributed by atoms with Crippen LogP contribution in [0.25, 0.3) is 0 Å². The molecule has 0 radical (unpaired) electrons. The van der Waals surface area contributed by atoms with Gasteiger partial charge in [0.15, 0.2) is 0 Å². The number of rotatable bonds is 9. The van der Waals surface area contributed by atoms with Crippen molar-refractivity contribution in [3.63, 3.8) is 0 Å². The molecule has 0 saturated heterocycles. The summed E-state index contributed by atoms with van der Waals surface area (Å²) in [4.78, 5) is 4.44. The maximum Gasteiger partial charge on any atom is 0.133 e. The van der Waals surface area contributed by atoms with Gasteiger partial charge >= 0.3 is 0 Å². The summed E-state index contributed by atoms with van der Waals surface area (Å²) in [6, 6.07) is 3.96. The average Bonchev–Trinajstić information content (AvgIpc) is 3.10. The number of hydrogen-bond acceptors (Lipinski definition) is 4. The molecule has 4 nitrogen and oxygen atoms in total. The summed E-state index contributed by atoms with van der Waals surface area (Å²) in [5.74, 6) is 3.16. The first-order chi connectivity index (χ1) is 9.83. The second kappa shape index (κ2) is 8.17. The van der Waals surface area contributed by atoms with Gasteiger partial charge in [0, 0.05) is 19.4 Å². The normalized spacial score (nSPS) is 12.7. The molecule has 0 fully saturated rings. The Labute approximate surface area is 125 Å². The van der Waals surface area contributed by atoms with E-state index in [0.717, 1.165) is 18.1 Å². The van der Waals surface area contributed by atoms with Crippen LogP contribution in [0.15, 0.2) is 35.2 Å². The Bertz CT molecular complexity index is 481. The van der Waals surface area contributed by atoms with Crippen molar-refractivity contribution < 1.29 is 4.42 Å². The third-order valence-corrected chi connectivity index (χ3v) is 4.01. The Morgan fingerprint density at radius 3 is 2.95 bits per heavy atom. The molecule has 0 aliphatic rings. The molecular formula is C15H23N3OS. The predicted octanol–water partition coefficient (Wildman–Crippen LogP) is 3.23. The molecule has 0 aliphatic carbocycles. The number of hydrogen-bond donors (Lipinski definition) is 1. The number of thioether (sulfide) groups is 1. The van der Waals surface area contributed by atoms with E-state index in [1.54, 1.807) is 6.26 Å². The van der Waals surface area contributed by atoms with Crippen molar-refractivity contribution in [2.75, 3.05) is 18.6 Å². The SMILES string of the molecule is CSCCCCCNC(c1ccco1)c1nccn1C. The van der Waals surface area contributed by atoms with Crippen LogP contribution in [0.3, 0.4) is 0 Å². The molecule has 0 bridgehead atoms. The Kier molecular flexibility index (Phi) is 6.21. The van der Waals surface area contributed by atoms with Crippen LogP contribution in [0.2, 0.25) is 0 Å². The van der Waals surface area contributed by atoms with E-state index in [1.807, 2.05) is 47.9 Å². The van der Waals surface area contributed by atoms with Gasteiger partial charge in [-0.3, -0.25) is 0 Å². The highest BCUT2D eigenvalue weighted by molar-refractivity contribution is 7.98. The molecule has 110 valence electrons. The monoisotopic (exact) mass is 293 g/mol. The molecule has 0 amide bonds. The van der Waals surface area contributed by atoms with Gasteiger partial charge in [-0.25, -0.2) is 4.98 Å². The molecule has 0 saturated carbocycles. The number of imidazole rings is 1. The number of nitrogens with one attached hydrogen (secondary N) is 1. The fraction of sp³-hybridized carbons (Fsp3) is 0.533. The smallest absolute Gasteiger partial charge is 0.133 e.